The number of aryl methyl sites for hydroxylation is 1. The van der Waals surface area contributed by atoms with E-state index in [1.54, 1.807) is 12.3 Å². The third-order valence-corrected chi connectivity index (χ3v) is 6.91. The van der Waals surface area contributed by atoms with Crippen LogP contribution in [0.15, 0.2) is 23.6 Å². The SMILES string of the molecule is Cc1nccc(N[C@@H]2C[C@H](CO)[C@@H](C)[C@H]2N=[N+]=[N-])c1C(=O)c1cn(C(C)(C)C)c(C)c1C. The topological polar surface area (TPSA) is 116 Å². The minimum atomic E-state index is -0.306. The monoisotopic (exact) mass is 438 g/mol. The van der Waals surface area contributed by atoms with E-state index in [1.807, 2.05) is 33.9 Å². The van der Waals surface area contributed by atoms with E-state index < -0.39 is 0 Å². The molecule has 0 saturated heterocycles. The third kappa shape index (κ3) is 4.25. The van der Waals surface area contributed by atoms with Gasteiger partial charge < -0.3 is 15.0 Å². The predicted molar refractivity (Wildman–Crippen MR) is 126 cm³/mol. The number of aromatic nitrogens is 2. The van der Waals surface area contributed by atoms with E-state index >= 15 is 0 Å². The Labute approximate surface area is 189 Å². The molecular formula is C24H34N6O2. The number of carbonyl (C=O) groups excluding carboxylic acids is 1. The zero-order chi connectivity index (χ0) is 23.8. The summed E-state index contributed by atoms with van der Waals surface area (Å²) < 4.78 is 2.14. The van der Waals surface area contributed by atoms with Crippen LogP contribution in [0.25, 0.3) is 10.4 Å². The van der Waals surface area contributed by atoms with Crippen LogP contribution in [0.1, 0.15) is 67.0 Å². The summed E-state index contributed by atoms with van der Waals surface area (Å²) in [6, 6.07) is 1.32. The molecule has 0 spiro atoms. The molecule has 4 atom stereocenters. The van der Waals surface area contributed by atoms with Crippen molar-refractivity contribution in [3.63, 3.8) is 0 Å². The molecule has 1 aliphatic rings. The average Bonchev–Trinajstić information content (AvgIpc) is 3.19. The third-order valence-electron chi connectivity index (χ3n) is 6.91. The summed E-state index contributed by atoms with van der Waals surface area (Å²) in [5.41, 5.74) is 13.4. The van der Waals surface area contributed by atoms with Gasteiger partial charge >= 0.3 is 0 Å². The number of pyridine rings is 1. The molecule has 2 aromatic heterocycles. The number of rotatable bonds is 6. The highest BCUT2D eigenvalue weighted by Gasteiger charge is 2.40. The van der Waals surface area contributed by atoms with Crippen molar-refractivity contribution in [2.24, 2.45) is 17.0 Å². The second-order valence-corrected chi connectivity index (χ2v) is 9.93. The van der Waals surface area contributed by atoms with Crippen molar-refractivity contribution in [1.29, 1.82) is 0 Å². The Morgan fingerprint density at radius 2 is 2.06 bits per heavy atom. The van der Waals surface area contributed by atoms with Gasteiger partial charge in [-0.05, 0) is 77.0 Å². The first-order chi connectivity index (χ1) is 15.0. The number of anilines is 1. The van der Waals surface area contributed by atoms with Crippen molar-refractivity contribution in [1.82, 2.24) is 9.55 Å². The molecule has 3 rings (SSSR count). The Balaban J connectivity index is 2.02. The number of hydrogen-bond donors (Lipinski definition) is 2. The normalized spacial score (nSPS) is 23.1. The molecule has 2 aromatic rings. The average molecular weight is 439 g/mol. The van der Waals surface area contributed by atoms with Gasteiger partial charge in [0.1, 0.15) is 0 Å². The van der Waals surface area contributed by atoms with Gasteiger partial charge in [-0.25, -0.2) is 0 Å². The summed E-state index contributed by atoms with van der Waals surface area (Å²) in [5, 5.41) is 17.2. The van der Waals surface area contributed by atoms with Crippen molar-refractivity contribution >= 4 is 11.5 Å². The molecule has 0 bridgehead atoms. The lowest BCUT2D eigenvalue weighted by atomic mass is 9.97. The van der Waals surface area contributed by atoms with Crippen LogP contribution in [0.4, 0.5) is 5.69 Å². The maximum Gasteiger partial charge on any atom is 0.198 e. The summed E-state index contributed by atoms with van der Waals surface area (Å²) >= 11 is 0. The Morgan fingerprint density at radius 1 is 1.38 bits per heavy atom. The Morgan fingerprint density at radius 3 is 2.62 bits per heavy atom. The fourth-order valence-corrected chi connectivity index (χ4v) is 4.89. The number of azide groups is 1. The first-order valence-electron chi connectivity index (χ1n) is 11.1. The smallest absolute Gasteiger partial charge is 0.198 e. The van der Waals surface area contributed by atoms with E-state index in [-0.39, 0.29) is 41.8 Å². The molecular weight excluding hydrogens is 404 g/mol. The highest BCUT2D eigenvalue weighted by Crippen LogP contribution is 2.37. The lowest BCUT2D eigenvalue weighted by Crippen LogP contribution is -2.30. The predicted octanol–water partition coefficient (Wildman–Crippen LogP) is 4.90. The maximum absolute atomic E-state index is 13.8. The van der Waals surface area contributed by atoms with Crippen molar-refractivity contribution < 1.29 is 9.90 Å². The summed E-state index contributed by atoms with van der Waals surface area (Å²) in [7, 11) is 0. The first kappa shape index (κ1) is 23.8. The van der Waals surface area contributed by atoms with Gasteiger partial charge in [-0.1, -0.05) is 12.0 Å². The van der Waals surface area contributed by atoms with Gasteiger partial charge in [0.05, 0.1) is 17.3 Å². The molecule has 0 aliphatic heterocycles. The quantitative estimate of drug-likeness (QED) is 0.289. The zero-order valence-corrected chi connectivity index (χ0v) is 20.0. The van der Waals surface area contributed by atoms with E-state index in [0.29, 0.717) is 28.9 Å². The van der Waals surface area contributed by atoms with Crippen LogP contribution < -0.4 is 5.32 Å². The van der Waals surface area contributed by atoms with Gasteiger partial charge in [0, 0.05) is 52.4 Å². The summed E-state index contributed by atoms with van der Waals surface area (Å²) in [6.07, 6.45) is 4.28. The van der Waals surface area contributed by atoms with Crippen molar-refractivity contribution in [3.8, 4) is 0 Å². The van der Waals surface area contributed by atoms with Gasteiger partial charge in [0.25, 0.3) is 0 Å². The molecule has 1 aliphatic carbocycles. The van der Waals surface area contributed by atoms with Gasteiger partial charge in [-0.2, -0.15) is 0 Å². The molecule has 8 heteroatoms. The largest absolute Gasteiger partial charge is 0.396 e. The zero-order valence-electron chi connectivity index (χ0n) is 20.0. The highest BCUT2D eigenvalue weighted by atomic mass is 16.3. The molecule has 2 heterocycles. The van der Waals surface area contributed by atoms with E-state index in [2.05, 4.69) is 45.7 Å². The number of nitrogens with zero attached hydrogens (tertiary/aromatic N) is 5. The molecule has 0 radical (unpaired) electrons. The number of aliphatic hydroxyl groups excluding tert-OH is 1. The lowest BCUT2D eigenvalue weighted by Gasteiger charge is -2.23. The number of ketones is 1. The number of carbonyl (C=O) groups is 1. The molecule has 172 valence electrons. The second-order valence-electron chi connectivity index (χ2n) is 9.93. The number of nitrogens with one attached hydrogen (secondary N) is 1. The van der Waals surface area contributed by atoms with Crippen LogP contribution in [-0.4, -0.2) is 39.1 Å². The Kier molecular flexibility index (Phi) is 6.67. The van der Waals surface area contributed by atoms with Crippen molar-refractivity contribution in [2.75, 3.05) is 11.9 Å². The standard InChI is InChI=1S/C24H34N6O2/c1-13-16(4)30(24(5,6)7)11-18(13)23(32)21-15(3)26-9-8-19(21)27-20-10-17(12-31)14(2)22(20)28-29-25/h8-9,11,14,17,20,22,31H,10,12H2,1-7H3,(H,26,27)/t14-,17-,20-,22-/m1/s1. The second kappa shape index (κ2) is 8.96. The Hall–Kier alpha value is -2.83. The van der Waals surface area contributed by atoms with Gasteiger partial charge in [-0.3, -0.25) is 9.78 Å². The van der Waals surface area contributed by atoms with E-state index in [4.69, 9.17) is 5.53 Å². The lowest BCUT2D eigenvalue weighted by molar-refractivity contribution is 0.103. The van der Waals surface area contributed by atoms with Crippen LogP contribution >= 0.6 is 0 Å². The van der Waals surface area contributed by atoms with Crippen molar-refractivity contribution in [2.45, 2.75) is 72.5 Å². The van der Waals surface area contributed by atoms with Crippen LogP contribution in [0, 0.1) is 32.6 Å². The van der Waals surface area contributed by atoms with Gasteiger partial charge in [-0.15, -0.1) is 0 Å². The van der Waals surface area contributed by atoms with Crippen LogP contribution in [0.3, 0.4) is 0 Å². The van der Waals surface area contributed by atoms with Gasteiger partial charge in [0.15, 0.2) is 5.78 Å². The summed E-state index contributed by atoms with van der Waals surface area (Å²) in [4.78, 5) is 21.2. The maximum atomic E-state index is 13.8. The Bertz CT molecular complexity index is 1060. The molecule has 1 fully saturated rings. The fraction of sp³-hybridized carbons (Fsp3) is 0.583. The minimum Gasteiger partial charge on any atom is -0.396 e. The molecule has 0 aromatic carbocycles. The van der Waals surface area contributed by atoms with Gasteiger partial charge in [0.2, 0.25) is 0 Å². The molecule has 2 N–H and O–H groups in total. The molecule has 0 unspecified atom stereocenters. The summed E-state index contributed by atoms with van der Waals surface area (Å²) in [6.45, 7) is 14.2. The van der Waals surface area contributed by atoms with Crippen molar-refractivity contribution in [3.05, 3.63) is 57.0 Å². The van der Waals surface area contributed by atoms with Crippen LogP contribution in [0.2, 0.25) is 0 Å². The van der Waals surface area contributed by atoms with E-state index in [1.165, 1.54) is 0 Å². The minimum absolute atomic E-state index is 0.0378. The number of aliphatic hydroxyl groups is 1. The molecule has 32 heavy (non-hydrogen) atoms. The fourth-order valence-electron chi connectivity index (χ4n) is 4.89. The first-order valence-corrected chi connectivity index (χ1v) is 11.1. The summed E-state index contributed by atoms with van der Waals surface area (Å²) in [5.74, 6) is 0.00350. The van der Waals surface area contributed by atoms with Crippen LogP contribution in [0.5, 0.6) is 0 Å². The molecule has 0 amide bonds. The van der Waals surface area contributed by atoms with E-state index in [9.17, 15) is 9.90 Å². The highest BCUT2D eigenvalue weighted by molar-refractivity contribution is 6.14. The molecule has 1 saturated carbocycles. The number of hydrogen-bond acceptors (Lipinski definition) is 5. The molecule has 8 nitrogen and oxygen atoms in total. The van der Waals surface area contributed by atoms with E-state index in [0.717, 1.165) is 11.3 Å². The van der Waals surface area contributed by atoms with Crippen LogP contribution in [-0.2, 0) is 5.54 Å².